The van der Waals surface area contributed by atoms with Gasteiger partial charge in [-0.1, -0.05) is 44.2 Å². The summed E-state index contributed by atoms with van der Waals surface area (Å²) in [7, 11) is 2.02. The van der Waals surface area contributed by atoms with Gasteiger partial charge in [0.05, 0.1) is 6.10 Å². The van der Waals surface area contributed by atoms with E-state index in [9.17, 15) is 9.90 Å². The van der Waals surface area contributed by atoms with Gasteiger partial charge in [-0.25, -0.2) is 0 Å². The van der Waals surface area contributed by atoms with E-state index in [0.29, 0.717) is 23.7 Å². The molecule has 1 aromatic carbocycles. The number of aliphatic hydroxyl groups excluding tert-OH is 1. The number of aryl methyl sites for hydroxylation is 1. The van der Waals surface area contributed by atoms with Crippen LogP contribution in [0.1, 0.15) is 57.1 Å². The molecule has 3 aliphatic carbocycles. The van der Waals surface area contributed by atoms with Crippen LogP contribution in [0.25, 0.3) is 0 Å². The molecule has 3 saturated carbocycles. The number of fused-ring (bicyclic) bond motifs is 5. The van der Waals surface area contributed by atoms with Gasteiger partial charge in [0.25, 0.3) is 0 Å². The number of carbonyl (C=O) groups is 1. The molecule has 30 heavy (non-hydrogen) atoms. The van der Waals surface area contributed by atoms with E-state index < -0.39 is 0 Å². The molecular weight excluding hydrogens is 370 g/mol. The van der Waals surface area contributed by atoms with Crippen molar-refractivity contribution >= 4 is 5.91 Å². The molecule has 0 radical (unpaired) electrons. The van der Waals surface area contributed by atoms with Crippen LogP contribution < -0.4 is 0 Å². The maximum absolute atomic E-state index is 12.7. The third-order valence-corrected chi connectivity index (χ3v) is 9.94. The van der Waals surface area contributed by atoms with Crippen LogP contribution in [-0.4, -0.2) is 35.1 Å². The molecule has 3 fully saturated rings. The molecule has 4 aliphatic rings. The van der Waals surface area contributed by atoms with E-state index in [1.165, 1.54) is 24.0 Å². The Morgan fingerprint density at radius 2 is 1.90 bits per heavy atom. The van der Waals surface area contributed by atoms with Crippen LogP contribution in [0.15, 0.2) is 36.4 Å². The van der Waals surface area contributed by atoms with Crippen molar-refractivity contribution in [3.8, 4) is 0 Å². The predicted molar refractivity (Wildman–Crippen MR) is 120 cm³/mol. The van der Waals surface area contributed by atoms with Gasteiger partial charge in [-0.3, -0.25) is 4.79 Å². The van der Waals surface area contributed by atoms with Crippen LogP contribution in [-0.2, 0) is 11.2 Å². The summed E-state index contributed by atoms with van der Waals surface area (Å²) in [6, 6.07) is 9.00. The largest absolute Gasteiger partial charge is 0.393 e. The van der Waals surface area contributed by atoms with Gasteiger partial charge >= 0.3 is 0 Å². The number of rotatable bonds is 2. The zero-order valence-corrected chi connectivity index (χ0v) is 19.0. The summed E-state index contributed by atoms with van der Waals surface area (Å²) >= 11 is 0. The Kier molecular flexibility index (Phi) is 4.70. The second-order valence-electron chi connectivity index (χ2n) is 11.2. The van der Waals surface area contributed by atoms with Crippen LogP contribution >= 0.6 is 0 Å². The van der Waals surface area contributed by atoms with Crippen molar-refractivity contribution in [2.45, 2.75) is 71.4 Å². The van der Waals surface area contributed by atoms with E-state index in [1.54, 1.807) is 0 Å². The number of hydrogen-bond donors (Lipinski definition) is 1. The smallest absolute Gasteiger partial charge is 0.246 e. The number of benzene rings is 1. The van der Waals surface area contributed by atoms with E-state index >= 15 is 0 Å². The maximum atomic E-state index is 12.7. The fraction of sp³-hybridized carbons (Fsp3) is 0.667. The molecule has 1 aromatic rings. The summed E-state index contributed by atoms with van der Waals surface area (Å²) < 4.78 is 0. The average molecular weight is 408 g/mol. The van der Waals surface area contributed by atoms with Crippen molar-refractivity contribution in [1.29, 1.82) is 0 Å². The first-order chi connectivity index (χ1) is 14.3. The van der Waals surface area contributed by atoms with Crippen molar-refractivity contribution in [3.05, 3.63) is 47.5 Å². The lowest BCUT2D eigenvalue weighted by Gasteiger charge is -2.62. The molecule has 1 N–H and O–H groups in total. The minimum Gasteiger partial charge on any atom is -0.393 e. The number of aliphatic hydroxyl groups is 1. The van der Waals surface area contributed by atoms with Crippen molar-refractivity contribution in [3.63, 3.8) is 0 Å². The Morgan fingerprint density at radius 1 is 1.13 bits per heavy atom. The molecule has 0 bridgehead atoms. The third-order valence-electron chi connectivity index (χ3n) is 9.94. The van der Waals surface area contributed by atoms with E-state index in [1.807, 2.05) is 13.1 Å². The molecule has 0 spiro atoms. The molecule has 3 nitrogen and oxygen atoms in total. The standard InChI is InChI=1S/C27H37NO2/c1-17-7-5-6-8-18(17)15-19-16-20-21-9-10-23(29)26(21,2)13-11-22(20)27(3)14-12-24(30)28(4)25(19)27/h5-8,12,14,19-23,25,29H,9-11,13,15-16H2,1-4H3/t19-,20-,21-,22-,23-,25+,26-,27+/m0/s1. The molecule has 162 valence electrons. The molecule has 0 aromatic heterocycles. The summed E-state index contributed by atoms with van der Waals surface area (Å²) in [5.74, 6) is 2.46. The lowest BCUT2D eigenvalue weighted by molar-refractivity contribution is -0.148. The van der Waals surface area contributed by atoms with Gasteiger partial charge in [0, 0.05) is 18.5 Å². The van der Waals surface area contributed by atoms with E-state index in [2.05, 4.69) is 56.0 Å². The minimum absolute atomic E-state index is 0.0216. The predicted octanol–water partition coefficient (Wildman–Crippen LogP) is 4.76. The van der Waals surface area contributed by atoms with Crippen LogP contribution in [0.3, 0.4) is 0 Å². The summed E-state index contributed by atoms with van der Waals surface area (Å²) in [6.07, 6.45) is 10.6. The van der Waals surface area contributed by atoms with Gasteiger partial charge in [-0.15, -0.1) is 0 Å². The van der Waals surface area contributed by atoms with E-state index in [0.717, 1.165) is 25.7 Å². The summed E-state index contributed by atoms with van der Waals surface area (Å²) in [5, 5.41) is 10.8. The minimum atomic E-state index is -0.144. The lowest BCUT2D eigenvalue weighted by atomic mass is 9.46. The van der Waals surface area contributed by atoms with Gasteiger partial charge in [0.2, 0.25) is 5.91 Å². The van der Waals surface area contributed by atoms with Gasteiger partial charge in [0.1, 0.15) is 0 Å². The lowest BCUT2D eigenvalue weighted by Crippen LogP contribution is -2.63. The third kappa shape index (κ3) is 2.77. The van der Waals surface area contributed by atoms with Crippen LogP contribution in [0.4, 0.5) is 0 Å². The number of nitrogens with zero attached hydrogens (tertiary/aromatic N) is 1. The molecule has 0 unspecified atom stereocenters. The fourth-order valence-corrected chi connectivity index (χ4v) is 8.34. The SMILES string of the molecule is Cc1ccccc1C[C@H]1C[C@@H]2[C@H](CC[C@]3(C)[C@@H](O)CC[C@@H]23)[C@@]2(C)C=CC(=O)N(C)[C@H]12. The number of likely N-dealkylation sites (N-methyl/N-ethyl adjacent to an activating group) is 1. The molecule has 0 saturated heterocycles. The van der Waals surface area contributed by atoms with Gasteiger partial charge in [-0.05, 0) is 91.7 Å². The summed E-state index contributed by atoms with van der Waals surface area (Å²) in [5.41, 5.74) is 2.88. The molecule has 1 aliphatic heterocycles. The zero-order chi connectivity index (χ0) is 21.3. The van der Waals surface area contributed by atoms with Crippen LogP contribution in [0.2, 0.25) is 0 Å². The van der Waals surface area contributed by atoms with Crippen LogP contribution in [0.5, 0.6) is 0 Å². The number of carbonyl (C=O) groups excluding carboxylic acids is 1. The summed E-state index contributed by atoms with van der Waals surface area (Å²) in [4.78, 5) is 14.8. The zero-order valence-electron chi connectivity index (χ0n) is 19.0. The Morgan fingerprint density at radius 3 is 2.67 bits per heavy atom. The highest BCUT2D eigenvalue weighted by atomic mass is 16.3. The molecule has 8 atom stereocenters. The highest BCUT2D eigenvalue weighted by Gasteiger charge is 2.62. The first-order valence-electron chi connectivity index (χ1n) is 11.9. The molecule has 1 heterocycles. The Labute approximate surface area is 181 Å². The molecule has 5 rings (SSSR count). The second kappa shape index (κ2) is 6.95. The van der Waals surface area contributed by atoms with Crippen molar-refractivity contribution in [2.75, 3.05) is 7.05 Å². The highest BCUT2D eigenvalue weighted by molar-refractivity contribution is 5.89. The molecule has 1 amide bonds. The number of hydrogen-bond acceptors (Lipinski definition) is 2. The monoisotopic (exact) mass is 407 g/mol. The highest BCUT2D eigenvalue weighted by Crippen LogP contribution is 2.65. The number of amides is 1. The summed E-state index contributed by atoms with van der Waals surface area (Å²) in [6.45, 7) is 6.98. The van der Waals surface area contributed by atoms with Crippen molar-refractivity contribution in [1.82, 2.24) is 4.90 Å². The Hall–Kier alpha value is -1.61. The van der Waals surface area contributed by atoms with E-state index in [4.69, 9.17) is 0 Å². The fourth-order valence-electron chi connectivity index (χ4n) is 8.34. The average Bonchev–Trinajstić information content (AvgIpc) is 3.02. The topological polar surface area (TPSA) is 40.5 Å². The molecular formula is C27H37NO2. The Bertz CT molecular complexity index is 877. The molecule has 3 heteroatoms. The first-order valence-corrected chi connectivity index (χ1v) is 11.9. The van der Waals surface area contributed by atoms with Crippen molar-refractivity contribution < 1.29 is 9.90 Å². The quantitative estimate of drug-likeness (QED) is 0.768. The van der Waals surface area contributed by atoms with Gasteiger partial charge < -0.3 is 10.0 Å². The van der Waals surface area contributed by atoms with Crippen molar-refractivity contribution in [2.24, 2.45) is 34.5 Å². The second-order valence-corrected chi connectivity index (χ2v) is 11.2. The van der Waals surface area contributed by atoms with Gasteiger partial charge in [0.15, 0.2) is 0 Å². The normalized spacial score (nSPS) is 45.1. The van der Waals surface area contributed by atoms with Crippen LogP contribution in [0, 0.1) is 41.4 Å². The Balaban J connectivity index is 1.56. The van der Waals surface area contributed by atoms with E-state index in [-0.39, 0.29) is 28.9 Å². The maximum Gasteiger partial charge on any atom is 0.246 e. The van der Waals surface area contributed by atoms with Gasteiger partial charge in [-0.2, -0.15) is 0 Å². The first kappa shape index (κ1) is 20.3.